The maximum absolute atomic E-state index is 6.12. The molecule has 4 aromatic carbocycles. The fourth-order valence-electron chi connectivity index (χ4n) is 3.13. The lowest BCUT2D eigenvalue weighted by atomic mass is 10.0. The first-order chi connectivity index (χ1) is 13.7. The van der Waals surface area contributed by atoms with Crippen molar-refractivity contribution >= 4 is 17.3 Å². The first kappa shape index (κ1) is 18.1. The minimum atomic E-state index is 0.500. The largest absolute Gasteiger partial charge is 0.488 e. The van der Waals surface area contributed by atoms with Crippen LogP contribution in [0, 0.1) is 0 Å². The molecule has 0 aliphatic carbocycles. The van der Waals surface area contributed by atoms with Crippen LogP contribution < -0.4 is 10.5 Å². The number of rotatable bonds is 5. The van der Waals surface area contributed by atoms with Gasteiger partial charge in [-0.25, -0.2) is 0 Å². The predicted molar refractivity (Wildman–Crippen MR) is 118 cm³/mol. The molecule has 4 rings (SSSR count). The summed E-state index contributed by atoms with van der Waals surface area (Å²) < 4.78 is 6.12. The summed E-state index contributed by atoms with van der Waals surface area (Å²) in [5, 5.41) is 0.743. The smallest absolute Gasteiger partial charge is 0.127 e. The highest BCUT2D eigenvalue weighted by Crippen LogP contribution is 2.31. The van der Waals surface area contributed by atoms with E-state index in [9.17, 15) is 0 Å². The van der Waals surface area contributed by atoms with Crippen LogP contribution in [-0.2, 0) is 6.61 Å². The molecule has 0 heterocycles. The summed E-state index contributed by atoms with van der Waals surface area (Å²) in [5.74, 6) is 0.842. The number of benzene rings is 4. The summed E-state index contributed by atoms with van der Waals surface area (Å²) in [5.41, 5.74) is 12.2. The number of hydrogen-bond acceptors (Lipinski definition) is 2. The number of halogens is 1. The van der Waals surface area contributed by atoms with Gasteiger partial charge in [-0.05, 0) is 52.6 Å². The van der Waals surface area contributed by atoms with Gasteiger partial charge in [-0.1, -0.05) is 78.3 Å². The fraction of sp³-hybridized carbons (Fsp3) is 0.0400. The van der Waals surface area contributed by atoms with Gasteiger partial charge in [0.05, 0.1) is 0 Å². The van der Waals surface area contributed by atoms with E-state index >= 15 is 0 Å². The van der Waals surface area contributed by atoms with E-state index in [1.807, 2.05) is 72.8 Å². The first-order valence-corrected chi connectivity index (χ1v) is 9.49. The monoisotopic (exact) mass is 385 g/mol. The summed E-state index contributed by atoms with van der Waals surface area (Å²) in [6.07, 6.45) is 0. The minimum Gasteiger partial charge on any atom is -0.488 e. The zero-order valence-corrected chi connectivity index (χ0v) is 16.1. The summed E-state index contributed by atoms with van der Waals surface area (Å²) in [6, 6.07) is 32.1. The summed E-state index contributed by atoms with van der Waals surface area (Å²) in [4.78, 5) is 0. The molecule has 0 aliphatic heterocycles. The van der Waals surface area contributed by atoms with Crippen LogP contribution in [0.4, 0.5) is 5.69 Å². The lowest BCUT2D eigenvalue weighted by molar-refractivity contribution is 0.307. The van der Waals surface area contributed by atoms with Crippen molar-refractivity contribution in [3.8, 4) is 28.0 Å². The molecule has 2 nitrogen and oxygen atoms in total. The van der Waals surface area contributed by atoms with E-state index < -0.39 is 0 Å². The summed E-state index contributed by atoms with van der Waals surface area (Å²) in [6.45, 7) is 0.500. The SMILES string of the molecule is Nc1cccc(-c2ccccc2OCc2ccc(-c3ccc(Cl)cc3)cc2)c1. The molecule has 0 amide bonds. The molecule has 0 aliphatic rings. The summed E-state index contributed by atoms with van der Waals surface area (Å²) in [7, 11) is 0. The molecule has 0 atom stereocenters. The van der Waals surface area contributed by atoms with Gasteiger partial charge in [0.15, 0.2) is 0 Å². The van der Waals surface area contributed by atoms with Crippen LogP contribution in [0.15, 0.2) is 97.1 Å². The Morgan fingerprint density at radius 3 is 2.07 bits per heavy atom. The third-order valence-electron chi connectivity index (χ3n) is 4.61. The van der Waals surface area contributed by atoms with E-state index in [1.165, 1.54) is 0 Å². The van der Waals surface area contributed by atoms with E-state index in [1.54, 1.807) is 0 Å². The van der Waals surface area contributed by atoms with E-state index in [2.05, 4.69) is 24.3 Å². The van der Waals surface area contributed by atoms with Crippen molar-refractivity contribution in [3.63, 3.8) is 0 Å². The van der Waals surface area contributed by atoms with Crippen molar-refractivity contribution in [2.24, 2.45) is 0 Å². The molecule has 0 saturated carbocycles. The second-order valence-corrected chi connectivity index (χ2v) is 7.05. The Morgan fingerprint density at radius 1 is 0.679 bits per heavy atom. The minimum absolute atomic E-state index is 0.500. The third-order valence-corrected chi connectivity index (χ3v) is 4.86. The molecule has 0 saturated heterocycles. The molecule has 0 fully saturated rings. The van der Waals surface area contributed by atoms with Crippen molar-refractivity contribution < 1.29 is 4.74 Å². The van der Waals surface area contributed by atoms with Gasteiger partial charge in [-0.2, -0.15) is 0 Å². The number of nitrogen functional groups attached to an aromatic ring is 1. The zero-order chi connectivity index (χ0) is 19.3. The van der Waals surface area contributed by atoms with Crippen molar-refractivity contribution in [1.82, 2.24) is 0 Å². The molecule has 138 valence electrons. The van der Waals surface area contributed by atoms with Crippen LogP contribution in [0.2, 0.25) is 5.02 Å². The Kier molecular flexibility index (Phi) is 5.31. The molecule has 0 aromatic heterocycles. The average Bonchev–Trinajstić information content (AvgIpc) is 2.73. The van der Waals surface area contributed by atoms with Crippen LogP contribution in [0.1, 0.15) is 5.56 Å². The zero-order valence-electron chi connectivity index (χ0n) is 15.3. The summed E-state index contributed by atoms with van der Waals surface area (Å²) >= 11 is 5.97. The fourth-order valence-corrected chi connectivity index (χ4v) is 3.26. The van der Waals surface area contributed by atoms with Gasteiger partial charge >= 0.3 is 0 Å². The molecule has 0 spiro atoms. The van der Waals surface area contributed by atoms with Gasteiger partial charge in [0.2, 0.25) is 0 Å². The maximum atomic E-state index is 6.12. The standard InChI is InChI=1S/C25H20ClNO/c26-22-14-12-20(13-15-22)19-10-8-18(9-11-19)17-28-25-7-2-1-6-24(25)21-4-3-5-23(27)16-21/h1-16H,17,27H2. The van der Waals surface area contributed by atoms with Gasteiger partial charge in [-0.15, -0.1) is 0 Å². The van der Waals surface area contributed by atoms with Crippen LogP contribution in [0.3, 0.4) is 0 Å². The van der Waals surface area contributed by atoms with Crippen LogP contribution in [-0.4, -0.2) is 0 Å². The van der Waals surface area contributed by atoms with Gasteiger partial charge in [0, 0.05) is 16.3 Å². The normalized spacial score (nSPS) is 10.6. The lowest BCUT2D eigenvalue weighted by Gasteiger charge is -2.12. The number of hydrogen-bond donors (Lipinski definition) is 1. The van der Waals surface area contributed by atoms with Crippen LogP contribution in [0.25, 0.3) is 22.3 Å². The highest BCUT2D eigenvalue weighted by molar-refractivity contribution is 6.30. The van der Waals surface area contributed by atoms with Crippen molar-refractivity contribution in [2.75, 3.05) is 5.73 Å². The quantitative estimate of drug-likeness (QED) is 0.382. The van der Waals surface area contributed by atoms with E-state index in [-0.39, 0.29) is 0 Å². The van der Waals surface area contributed by atoms with Gasteiger partial charge in [0.25, 0.3) is 0 Å². The number of ether oxygens (including phenoxy) is 1. The molecular formula is C25H20ClNO. The average molecular weight is 386 g/mol. The van der Waals surface area contributed by atoms with E-state index in [0.717, 1.165) is 44.3 Å². The van der Waals surface area contributed by atoms with E-state index in [4.69, 9.17) is 22.1 Å². The molecule has 0 bridgehead atoms. The predicted octanol–water partition coefficient (Wildman–Crippen LogP) is 6.84. The van der Waals surface area contributed by atoms with Gasteiger partial charge in [0.1, 0.15) is 12.4 Å². The Morgan fingerprint density at radius 2 is 1.36 bits per heavy atom. The highest BCUT2D eigenvalue weighted by Gasteiger charge is 2.07. The number of para-hydroxylation sites is 1. The van der Waals surface area contributed by atoms with E-state index in [0.29, 0.717) is 6.61 Å². The van der Waals surface area contributed by atoms with Gasteiger partial charge < -0.3 is 10.5 Å². The van der Waals surface area contributed by atoms with Crippen molar-refractivity contribution in [1.29, 1.82) is 0 Å². The molecule has 0 unspecified atom stereocenters. The molecule has 0 radical (unpaired) electrons. The lowest BCUT2D eigenvalue weighted by Crippen LogP contribution is -1.97. The Labute approximate surface area is 170 Å². The Bertz CT molecular complexity index is 1070. The Balaban J connectivity index is 1.50. The second kappa shape index (κ2) is 8.20. The highest BCUT2D eigenvalue weighted by atomic mass is 35.5. The number of nitrogens with two attached hydrogens (primary N) is 1. The van der Waals surface area contributed by atoms with Crippen LogP contribution in [0.5, 0.6) is 5.75 Å². The second-order valence-electron chi connectivity index (χ2n) is 6.61. The number of anilines is 1. The topological polar surface area (TPSA) is 35.2 Å². The van der Waals surface area contributed by atoms with Crippen molar-refractivity contribution in [2.45, 2.75) is 6.61 Å². The first-order valence-electron chi connectivity index (χ1n) is 9.12. The maximum Gasteiger partial charge on any atom is 0.127 e. The molecule has 4 aromatic rings. The van der Waals surface area contributed by atoms with Crippen LogP contribution >= 0.6 is 11.6 Å². The third kappa shape index (κ3) is 4.19. The molecule has 28 heavy (non-hydrogen) atoms. The molecular weight excluding hydrogens is 366 g/mol. The van der Waals surface area contributed by atoms with Gasteiger partial charge in [-0.3, -0.25) is 0 Å². The Hall–Kier alpha value is -3.23. The van der Waals surface area contributed by atoms with Crippen molar-refractivity contribution in [3.05, 3.63) is 108 Å². The molecule has 2 N–H and O–H groups in total. The molecule has 3 heteroatoms.